The second kappa shape index (κ2) is 8.64. The van der Waals surface area contributed by atoms with E-state index in [0.717, 1.165) is 17.2 Å². The summed E-state index contributed by atoms with van der Waals surface area (Å²) in [5.41, 5.74) is 7.71. The molecule has 0 aliphatic carbocycles. The summed E-state index contributed by atoms with van der Waals surface area (Å²) >= 11 is 6.02. The molecule has 170 valence electrons. The third-order valence-electron chi connectivity index (χ3n) is 6.00. The lowest BCUT2D eigenvalue weighted by atomic mass is 9.86. The first-order valence-corrected chi connectivity index (χ1v) is 11.1. The van der Waals surface area contributed by atoms with Crippen molar-refractivity contribution in [3.63, 3.8) is 0 Å². The zero-order chi connectivity index (χ0) is 23.0. The number of hydrogen-bond acceptors (Lipinski definition) is 5. The van der Waals surface area contributed by atoms with E-state index in [0.29, 0.717) is 24.7 Å². The number of piperazine rings is 1. The van der Waals surface area contributed by atoms with Crippen LogP contribution in [-0.2, 0) is 4.79 Å². The molecule has 0 radical (unpaired) electrons. The fourth-order valence-corrected chi connectivity index (χ4v) is 4.11. The SMILES string of the molecule is CC(C)(C)[C@H](N)C(=O)N1CCN2C(Nc3ccc(Cl)cc3)=CN(c3ccc(F)cc3)C2C1. The van der Waals surface area contributed by atoms with E-state index in [9.17, 15) is 9.18 Å². The molecule has 2 aliphatic heterocycles. The zero-order valence-electron chi connectivity index (χ0n) is 18.6. The number of hydrogen-bond donors (Lipinski definition) is 2. The van der Waals surface area contributed by atoms with Crippen molar-refractivity contribution in [2.24, 2.45) is 11.1 Å². The predicted octanol–water partition coefficient (Wildman–Crippen LogP) is 4.05. The second-order valence-electron chi connectivity index (χ2n) is 9.33. The summed E-state index contributed by atoms with van der Waals surface area (Å²) in [5, 5.41) is 4.12. The molecule has 6 nitrogen and oxygen atoms in total. The average molecular weight is 458 g/mol. The lowest BCUT2D eigenvalue weighted by Gasteiger charge is -2.44. The number of amides is 1. The van der Waals surface area contributed by atoms with Crippen molar-refractivity contribution in [2.75, 3.05) is 29.9 Å². The van der Waals surface area contributed by atoms with Gasteiger partial charge in [-0.2, -0.15) is 0 Å². The summed E-state index contributed by atoms with van der Waals surface area (Å²) in [6, 6.07) is 13.3. The van der Waals surface area contributed by atoms with Crippen LogP contribution >= 0.6 is 11.6 Å². The Bertz CT molecular complexity index is 1000. The number of nitrogens with one attached hydrogen (secondary N) is 1. The zero-order valence-corrected chi connectivity index (χ0v) is 19.3. The van der Waals surface area contributed by atoms with Gasteiger partial charge in [-0.15, -0.1) is 0 Å². The van der Waals surface area contributed by atoms with Crippen LogP contribution in [0.25, 0.3) is 0 Å². The third kappa shape index (κ3) is 4.54. The van der Waals surface area contributed by atoms with Crippen LogP contribution in [0, 0.1) is 11.2 Å². The highest BCUT2D eigenvalue weighted by Crippen LogP contribution is 2.33. The number of nitrogens with two attached hydrogens (primary N) is 1. The molecule has 0 bridgehead atoms. The molecule has 32 heavy (non-hydrogen) atoms. The van der Waals surface area contributed by atoms with Gasteiger partial charge >= 0.3 is 0 Å². The molecule has 2 atom stereocenters. The van der Waals surface area contributed by atoms with Crippen molar-refractivity contribution in [3.05, 3.63) is 71.4 Å². The molecule has 3 N–H and O–H groups in total. The van der Waals surface area contributed by atoms with Gasteiger partial charge in [-0.1, -0.05) is 32.4 Å². The number of carbonyl (C=O) groups excluding carboxylic acids is 1. The molecule has 1 amide bonds. The fourth-order valence-electron chi connectivity index (χ4n) is 3.99. The molecule has 1 saturated heterocycles. The van der Waals surface area contributed by atoms with Gasteiger partial charge < -0.3 is 25.8 Å². The van der Waals surface area contributed by atoms with Crippen molar-refractivity contribution in [1.29, 1.82) is 0 Å². The van der Waals surface area contributed by atoms with Gasteiger partial charge in [0.2, 0.25) is 5.91 Å². The van der Waals surface area contributed by atoms with Crippen LogP contribution < -0.4 is 16.0 Å². The highest BCUT2D eigenvalue weighted by Gasteiger charge is 2.41. The minimum atomic E-state index is -0.575. The lowest BCUT2D eigenvalue weighted by Crippen LogP contribution is -2.61. The number of benzene rings is 2. The van der Waals surface area contributed by atoms with E-state index in [2.05, 4.69) is 15.1 Å². The summed E-state index contributed by atoms with van der Waals surface area (Å²) in [7, 11) is 0. The summed E-state index contributed by atoms with van der Waals surface area (Å²) in [6.07, 6.45) is 1.88. The topological polar surface area (TPSA) is 64.8 Å². The maximum Gasteiger partial charge on any atom is 0.240 e. The first-order valence-electron chi connectivity index (χ1n) is 10.7. The third-order valence-corrected chi connectivity index (χ3v) is 6.25. The van der Waals surface area contributed by atoms with Gasteiger partial charge in [-0.05, 0) is 53.9 Å². The van der Waals surface area contributed by atoms with Crippen LogP contribution in [0.2, 0.25) is 5.02 Å². The molecule has 4 rings (SSSR count). The van der Waals surface area contributed by atoms with Crippen LogP contribution in [-0.4, -0.2) is 47.5 Å². The van der Waals surface area contributed by atoms with E-state index in [-0.39, 0.29) is 23.3 Å². The van der Waals surface area contributed by atoms with Crippen molar-refractivity contribution in [2.45, 2.75) is 33.0 Å². The summed E-state index contributed by atoms with van der Waals surface area (Å²) in [5.74, 6) is 0.578. The van der Waals surface area contributed by atoms with Crippen LogP contribution in [0.15, 0.2) is 60.6 Å². The predicted molar refractivity (Wildman–Crippen MR) is 127 cm³/mol. The first-order chi connectivity index (χ1) is 15.1. The number of anilines is 2. The maximum atomic E-state index is 13.5. The molecule has 2 heterocycles. The Morgan fingerprint density at radius 3 is 2.41 bits per heavy atom. The van der Waals surface area contributed by atoms with Gasteiger partial charge in [0.25, 0.3) is 0 Å². The minimum absolute atomic E-state index is 0.0460. The van der Waals surface area contributed by atoms with Gasteiger partial charge in [0.05, 0.1) is 12.6 Å². The number of carbonyl (C=O) groups is 1. The molecule has 2 aromatic rings. The van der Waals surface area contributed by atoms with E-state index in [4.69, 9.17) is 17.3 Å². The first kappa shape index (κ1) is 22.4. The van der Waals surface area contributed by atoms with Gasteiger partial charge in [-0.3, -0.25) is 4.79 Å². The van der Waals surface area contributed by atoms with Gasteiger partial charge in [0.1, 0.15) is 17.8 Å². The smallest absolute Gasteiger partial charge is 0.240 e. The van der Waals surface area contributed by atoms with Crippen LogP contribution in [0.5, 0.6) is 0 Å². The Morgan fingerprint density at radius 2 is 1.78 bits per heavy atom. The molecule has 8 heteroatoms. The molecule has 0 aromatic heterocycles. The van der Waals surface area contributed by atoms with Crippen molar-refractivity contribution in [3.8, 4) is 0 Å². The Kier molecular flexibility index (Phi) is 6.05. The summed E-state index contributed by atoms with van der Waals surface area (Å²) in [6.45, 7) is 7.64. The molecular weight excluding hydrogens is 429 g/mol. The van der Waals surface area contributed by atoms with Crippen LogP contribution in [0.1, 0.15) is 20.8 Å². The van der Waals surface area contributed by atoms with Gasteiger partial charge in [-0.25, -0.2) is 4.39 Å². The quantitative estimate of drug-likeness (QED) is 0.725. The molecule has 2 aromatic carbocycles. The lowest BCUT2D eigenvalue weighted by molar-refractivity contribution is -0.137. The van der Waals surface area contributed by atoms with Gasteiger partial charge in [0.15, 0.2) is 0 Å². The minimum Gasteiger partial charge on any atom is -0.341 e. The molecule has 1 fully saturated rings. The highest BCUT2D eigenvalue weighted by atomic mass is 35.5. The normalized spacial score (nSPS) is 19.5. The van der Waals surface area contributed by atoms with Crippen molar-refractivity contribution >= 4 is 28.9 Å². The number of rotatable bonds is 4. The molecule has 0 spiro atoms. The second-order valence-corrected chi connectivity index (χ2v) is 9.77. The van der Waals surface area contributed by atoms with Crippen LogP contribution in [0.3, 0.4) is 0 Å². The van der Waals surface area contributed by atoms with E-state index >= 15 is 0 Å². The number of fused-ring (bicyclic) bond motifs is 1. The molecule has 0 saturated carbocycles. The maximum absolute atomic E-state index is 13.5. The van der Waals surface area contributed by atoms with E-state index in [1.807, 2.05) is 56.1 Å². The average Bonchev–Trinajstić information content (AvgIpc) is 3.12. The Hall–Kier alpha value is -2.77. The Morgan fingerprint density at radius 1 is 1.12 bits per heavy atom. The number of halogens is 2. The summed E-state index contributed by atoms with van der Waals surface area (Å²) < 4.78 is 13.5. The standard InChI is InChI=1S/C24H29ClFN5O/c1-24(2,3)22(27)23(32)29-12-13-30-20(28-18-8-4-16(25)5-9-18)14-31(21(30)15-29)19-10-6-17(26)7-11-19/h4-11,14,21-22,28H,12-13,15,27H2,1-3H3/t21?,22-/m1/s1. The molecule has 1 unspecified atom stereocenters. The van der Waals surface area contributed by atoms with E-state index in [1.165, 1.54) is 12.1 Å². The summed E-state index contributed by atoms with van der Waals surface area (Å²) in [4.78, 5) is 19.2. The molecular formula is C24H29ClFN5O. The van der Waals surface area contributed by atoms with E-state index < -0.39 is 6.04 Å². The largest absolute Gasteiger partial charge is 0.341 e. The van der Waals surface area contributed by atoms with Crippen LogP contribution in [0.4, 0.5) is 15.8 Å². The fraction of sp³-hybridized carbons (Fsp3) is 0.375. The monoisotopic (exact) mass is 457 g/mol. The Balaban J connectivity index is 1.60. The van der Waals surface area contributed by atoms with E-state index in [1.54, 1.807) is 12.1 Å². The highest BCUT2D eigenvalue weighted by molar-refractivity contribution is 6.30. The number of nitrogens with zero attached hydrogens (tertiary/aromatic N) is 3. The van der Waals surface area contributed by atoms with Gasteiger partial charge in [0, 0.05) is 35.7 Å². The Labute approximate surface area is 193 Å². The van der Waals surface area contributed by atoms with Crippen molar-refractivity contribution in [1.82, 2.24) is 9.80 Å². The molecule has 2 aliphatic rings. The van der Waals surface area contributed by atoms with Crippen molar-refractivity contribution < 1.29 is 9.18 Å².